The number of aryl methyl sites for hydroxylation is 2. The summed E-state index contributed by atoms with van der Waals surface area (Å²) in [6.45, 7) is 10.4. The van der Waals surface area contributed by atoms with E-state index in [-0.39, 0.29) is 5.41 Å². The van der Waals surface area contributed by atoms with Gasteiger partial charge in [-0.3, -0.25) is 0 Å². The molecule has 1 aromatic carbocycles. The molecule has 0 N–H and O–H groups in total. The summed E-state index contributed by atoms with van der Waals surface area (Å²) in [6, 6.07) is 4.10. The Morgan fingerprint density at radius 1 is 1.00 bits per heavy atom. The van der Waals surface area contributed by atoms with Crippen LogP contribution >= 0.6 is 22.6 Å². The van der Waals surface area contributed by atoms with Crippen molar-refractivity contribution in [2.75, 3.05) is 4.43 Å². The van der Waals surface area contributed by atoms with Crippen LogP contribution in [0.2, 0.25) is 0 Å². The minimum Gasteiger partial charge on any atom is -0.166 e. The largest absolute Gasteiger partial charge is 0.416 e. The monoisotopic (exact) mass is 414 g/mol. The number of hydrogen-bond donors (Lipinski definition) is 0. The smallest absolute Gasteiger partial charge is 0.166 e. The lowest BCUT2D eigenvalue weighted by atomic mass is 9.87. The second-order valence-electron chi connectivity index (χ2n) is 6.16. The highest BCUT2D eigenvalue weighted by Gasteiger charge is 2.30. The number of rotatable bonds is 3. The van der Waals surface area contributed by atoms with Crippen molar-refractivity contribution >= 4 is 22.6 Å². The fourth-order valence-electron chi connectivity index (χ4n) is 1.89. The summed E-state index contributed by atoms with van der Waals surface area (Å²) in [7, 11) is 0. The lowest BCUT2D eigenvalue weighted by Crippen LogP contribution is -2.10. The maximum Gasteiger partial charge on any atom is 0.416 e. The van der Waals surface area contributed by atoms with Crippen molar-refractivity contribution in [3.63, 3.8) is 0 Å². The van der Waals surface area contributed by atoms with Crippen LogP contribution in [0.1, 0.15) is 57.7 Å². The van der Waals surface area contributed by atoms with E-state index in [1.807, 2.05) is 6.92 Å². The summed E-state index contributed by atoms with van der Waals surface area (Å²) < 4.78 is 39.3. The van der Waals surface area contributed by atoms with Crippen LogP contribution in [0.15, 0.2) is 18.2 Å². The van der Waals surface area contributed by atoms with Crippen LogP contribution in [0.4, 0.5) is 13.2 Å². The van der Waals surface area contributed by atoms with E-state index in [4.69, 9.17) is 0 Å². The number of halogens is 4. The van der Waals surface area contributed by atoms with Gasteiger partial charge in [-0.25, -0.2) is 0 Å². The third-order valence-corrected chi connectivity index (χ3v) is 3.06. The summed E-state index contributed by atoms with van der Waals surface area (Å²) in [4.78, 5) is 0. The minimum absolute atomic E-state index is 0.138. The van der Waals surface area contributed by atoms with Gasteiger partial charge >= 0.3 is 6.18 Å². The molecule has 0 saturated carbocycles. The Kier molecular flexibility index (Phi) is 8.90. The lowest BCUT2D eigenvalue weighted by Gasteiger charge is -2.19. The van der Waals surface area contributed by atoms with Crippen molar-refractivity contribution in [3.8, 4) is 0 Å². The summed E-state index contributed by atoms with van der Waals surface area (Å²) in [6.07, 6.45) is -1.88. The highest BCUT2D eigenvalue weighted by molar-refractivity contribution is 14.1. The Balaban J connectivity index is 0.00000122. The summed E-state index contributed by atoms with van der Waals surface area (Å²) in [5.41, 5.74) is 1.46. The zero-order valence-corrected chi connectivity index (χ0v) is 15.7. The Bertz CT molecular complexity index is 417. The quantitative estimate of drug-likeness (QED) is 0.382. The van der Waals surface area contributed by atoms with E-state index >= 15 is 0 Å². The van der Waals surface area contributed by atoms with Gasteiger partial charge < -0.3 is 0 Å². The molecule has 0 radical (unpaired) electrons. The third-order valence-electron chi connectivity index (χ3n) is 3.06. The average molecular weight is 414 g/mol. The van der Waals surface area contributed by atoms with E-state index in [0.717, 1.165) is 24.0 Å². The molecule has 0 aromatic heterocycles. The Morgan fingerprint density at radius 2 is 1.52 bits per heavy atom. The molecule has 0 nitrogen and oxygen atoms in total. The zero-order valence-electron chi connectivity index (χ0n) is 13.6. The van der Waals surface area contributed by atoms with E-state index in [1.54, 1.807) is 6.07 Å². The first kappa shape index (κ1) is 20.7. The molecule has 1 rings (SSSR count). The van der Waals surface area contributed by atoms with Gasteiger partial charge in [-0.05, 0) is 52.4 Å². The van der Waals surface area contributed by atoms with Gasteiger partial charge in [0.2, 0.25) is 0 Å². The Morgan fingerprint density at radius 3 is 1.90 bits per heavy atom. The van der Waals surface area contributed by atoms with Gasteiger partial charge in [-0.2, -0.15) is 13.2 Å². The topological polar surface area (TPSA) is 0 Å². The van der Waals surface area contributed by atoms with Crippen molar-refractivity contribution in [2.45, 2.75) is 60.1 Å². The summed E-state index contributed by atoms with van der Waals surface area (Å²) >= 11 is 2.29. The normalized spacial score (nSPS) is 11.9. The van der Waals surface area contributed by atoms with Crippen LogP contribution < -0.4 is 0 Å². The summed E-state index contributed by atoms with van der Waals surface area (Å²) in [5.74, 6) is 0. The van der Waals surface area contributed by atoms with Crippen molar-refractivity contribution < 1.29 is 13.2 Å². The van der Waals surface area contributed by atoms with Gasteiger partial charge in [0.05, 0.1) is 5.56 Å². The van der Waals surface area contributed by atoms with E-state index in [0.29, 0.717) is 6.42 Å². The van der Waals surface area contributed by atoms with Crippen LogP contribution in [0, 0.1) is 5.41 Å². The number of benzene rings is 1. The molecule has 0 aliphatic heterocycles. The molecule has 0 aliphatic rings. The third kappa shape index (κ3) is 8.69. The van der Waals surface area contributed by atoms with Gasteiger partial charge in [-0.1, -0.05) is 63.3 Å². The predicted octanol–water partition coefficient (Wildman–Crippen LogP) is 6.69. The van der Waals surface area contributed by atoms with Crippen molar-refractivity contribution in [1.29, 1.82) is 0 Å². The van der Waals surface area contributed by atoms with Gasteiger partial charge in [0.15, 0.2) is 0 Å². The molecule has 0 unspecified atom stereocenters. The van der Waals surface area contributed by atoms with Crippen molar-refractivity contribution in [1.82, 2.24) is 0 Å². The number of hydrogen-bond acceptors (Lipinski definition) is 0. The molecule has 0 amide bonds. The maximum atomic E-state index is 12.7. The van der Waals surface area contributed by atoms with Crippen LogP contribution in [0.5, 0.6) is 0 Å². The highest BCUT2D eigenvalue weighted by Crippen LogP contribution is 2.32. The minimum atomic E-state index is -4.25. The molecule has 0 fully saturated rings. The van der Waals surface area contributed by atoms with Crippen LogP contribution in [-0.2, 0) is 19.0 Å². The van der Waals surface area contributed by atoms with Crippen molar-refractivity contribution in [3.05, 3.63) is 34.9 Å². The fraction of sp³-hybridized carbons (Fsp3) is 0.647. The second kappa shape index (κ2) is 9.01. The molecule has 0 saturated heterocycles. The first-order chi connectivity index (χ1) is 9.55. The van der Waals surface area contributed by atoms with Crippen molar-refractivity contribution in [2.24, 2.45) is 5.41 Å². The van der Waals surface area contributed by atoms with Gasteiger partial charge in [0, 0.05) is 0 Å². The molecular weight excluding hydrogens is 388 g/mol. The molecule has 0 heterocycles. The van der Waals surface area contributed by atoms with E-state index in [1.165, 1.54) is 16.6 Å². The highest BCUT2D eigenvalue weighted by atomic mass is 127. The second-order valence-corrected chi connectivity index (χ2v) is 7.69. The number of alkyl halides is 4. The molecule has 1 aromatic rings. The molecule has 0 aliphatic carbocycles. The van der Waals surface area contributed by atoms with Crippen LogP contribution in [0.3, 0.4) is 0 Å². The van der Waals surface area contributed by atoms with Crippen LogP contribution in [0.25, 0.3) is 0 Å². The average Bonchev–Trinajstić information content (AvgIpc) is 2.35. The lowest BCUT2D eigenvalue weighted by molar-refractivity contribution is -0.137. The molecular formula is C17H26F3I. The SMILES string of the molecule is CCI.CCc1ccc(C(F)(F)F)cc1CCC(C)(C)C. The van der Waals surface area contributed by atoms with Gasteiger partial charge in [0.25, 0.3) is 0 Å². The molecule has 4 heteroatoms. The molecule has 0 atom stereocenters. The van der Waals surface area contributed by atoms with Gasteiger partial charge in [-0.15, -0.1) is 0 Å². The van der Waals surface area contributed by atoms with E-state index < -0.39 is 11.7 Å². The molecule has 0 spiro atoms. The van der Waals surface area contributed by atoms with Gasteiger partial charge in [0.1, 0.15) is 0 Å². The predicted molar refractivity (Wildman–Crippen MR) is 93.2 cm³/mol. The fourth-order valence-corrected chi connectivity index (χ4v) is 1.89. The molecule has 21 heavy (non-hydrogen) atoms. The molecule has 122 valence electrons. The van der Waals surface area contributed by atoms with Crippen LogP contribution in [-0.4, -0.2) is 4.43 Å². The Hall–Kier alpha value is -0.260. The molecule has 0 bridgehead atoms. The maximum absolute atomic E-state index is 12.7. The summed E-state index contributed by atoms with van der Waals surface area (Å²) in [5, 5.41) is 0. The zero-order chi connectivity index (χ0) is 16.7. The standard InChI is InChI=1S/C15H21F3.C2H5I/c1-5-11-6-7-13(15(16,17)18)10-12(11)8-9-14(2,3)4;1-2-3/h6-7,10H,5,8-9H2,1-4H3;2H2,1H3. The van der Waals surface area contributed by atoms with E-state index in [9.17, 15) is 13.2 Å². The van der Waals surface area contributed by atoms with E-state index in [2.05, 4.69) is 50.3 Å². The Labute approximate surface area is 140 Å². The first-order valence-electron chi connectivity index (χ1n) is 7.30. The first-order valence-corrected chi connectivity index (χ1v) is 8.82.